The lowest BCUT2D eigenvalue weighted by Gasteiger charge is -2.07. The molecule has 0 aliphatic heterocycles. The first-order chi connectivity index (χ1) is 5.09. The summed E-state index contributed by atoms with van der Waals surface area (Å²) in [5, 5.41) is 19.2. The summed E-state index contributed by atoms with van der Waals surface area (Å²) in [5.41, 5.74) is 7.70. The van der Waals surface area contributed by atoms with Crippen LogP contribution in [0.4, 0.5) is 4.39 Å². The maximum Gasteiger partial charge on any atom is 0.335 e. The molecule has 11 heavy (non-hydrogen) atoms. The van der Waals surface area contributed by atoms with E-state index in [-0.39, 0.29) is 0 Å². The van der Waals surface area contributed by atoms with Crippen LogP contribution in [0.3, 0.4) is 0 Å². The monoisotopic (exact) mass is 163 g/mol. The molecule has 0 spiro atoms. The van der Waals surface area contributed by atoms with Gasteiger partial charge in [-0.3, -0.25) is 0 Å². The molecule has 0 aromatic heterocycles. The highest BCUT2D eigenvalue weighted by atomic mass is 19.1. The second-order valence-electron chi connectivity index (χ2n) is 1.71. The molecule has 0 aromatic rings. The molecule has 6 nitrogen and oxygen atoms in total. The van der Waals surface area contributed by atoms with Gasteiger partial charge in [0.1, 0.15) is 6.17 Å². The highest BCUT2D eigenvalue weighted by Crippen LogP contribution is 1.99. The molecule has 0 bridgehead atoms. The van der Waals surface area contributed by atoms with Crippen molar-refractivity contribution < 1.29 is 19.4 Å². The Morgan fingerprint density at radius 1 is 1.82 bits per heavy atom. The number of nitrogens with zero attached hydrogens (tertiary/aromatic N) is 3. The maximum absolute atomic E-state index is 12.3. The smallest absolute Gasteiger partial charge is 0.335 e. The molecule has 0 aliphatic carbocycles. The average Bonchev–Trinajstić information content (AvgIpc) is 1.98. The molecule has 0 unspecified atom stereocenters. The lowest BCUT2D eigenvalue weighted by molar-refractivity contribution is -0.149. The van der Waals surface area contributed by atoms with Crippen molar-refractivity contribution in [3.8, 4) is 0 Å². The number of alkyl halides is 1. The number of aliphatic hydroxyl groups is 1. The first-order valence-corrected chi connectivity index (χ1v) is 2.65. The van der Waals surface area contributed by atoms with Crippen LogP contribution in [-0.4, -0.2) is 35.0 Å². The molecule has 0 radical (unpaired) electrons. The van der Waals surface area contributed by atoms with Gasteiger partial charge in [-0.2, -0.15) is 0 Å². The van der Waals surface area contributed by atoms with Crippen LogP contribution < -0.4 is 0 Å². The van der Waals surface area contributed by atoms with Gasteiger partial charge >= 0.3 is 5.97 Å². The fourth-order valence-electron chi connectivity index (χ4n) is 0.369. The molecular formula is C4H6FN3O3. The Labute approximate surface area is 60.9 Å². The molecule has 2 N–H and O–H groups in total. The van der Waals surface area contributed by atoms with E-state index in [2.05, 4.69) is 10.0 Å². The first-order valence-electron chi connectivity index (χ1n) is 2.65. The standard InChI is InChI=1S/C4H6FN3O3/c5-2(1-7-8-6)3(9)4(10)11/h2-3,9H,1H2,(H,10,11)/t2-,3+/m1/s1. The van der Waals surface area contributed by atoms with E-state index in [1.54, 1.807) is 0 Å². The van der Waals surface area contributed by atoms with E-state index in [0.29, 0.717) is 0 Å². The van der Waals surface area contributed by atoms with Crippen LogP contribution in [-0.2, 0) is 4.79 Å². The molecule has 0 aliphatic rings. The van der Waals surface area contributed by atoms with Gasteiger partial charge in [-0.1, -0.05) is 5.11 Å². The van der Waals surface area contributed by atoms with Gasteiger partial charge in [0.05, 0.1) is 6.54 Å². The van der Waals surface area contributed by atoms with Gasteiger partial charge < -0.3 is 10.2 Å². The Hall–Kier alpha value is -1.33. The summed E-state index contributed by atoms with van der Waals surface area (Å²) in [7, 11) is 0. The fourth-order valence-corrected chi connectivity index (χ4v) is 0.369. The Morgan fingerprint density at radius 3 is 2.73 bits per heavy atom. The second kappa shape index (κ2) is 4.48. The predicted molar refractivity (Wildman–Crippen MR) is 32.6 cm³/mol. The number of carboxylic acids is 1. The van der Waals surface area contributed by atoms with Crippen LogP contribution >= 0.6 is 0 Å². The van der Waals surface area contributed by atoms with Gasteiger partial charge in [-0.15, -0.1) is 0 Å². The van der Waals surface area contributed by atoms with Crippen LogP contribution in [0.1, 0.15) is 0 Å². The maximum atomic E-state index is 12.3. The summed E-state index contributed by atoms with van der Waals surface area (Å²) in [6.45, 7) is -0.677. The number of hydrogen-bond donors (Lipinski definition) is 2. The van der Waals surface area contributed by atoms with E-state index in [1.807, 2.05) is 0 Å². The van der Waals surface area contributed by atoms with Crippen molar-refractivity contribution in [3.63, 3.8) is 0 Å². The minimum Gasteiger partial charge on any atom is -0.479 e. The van der Waals surface area contributed by atoms with Crippen molar-refractivity contribution in [3.05, 3.63) is 10.4 Å². The summed E-state index contributed by atoms with van der Waals surface area (Å²) in [5.74, 6) is -1.68. The highest BCUT2D eigenvalue weighted by Gasteiger charge is 2.24. The lowest BCUT2D eigenvalue weighted by atomic mass is 10.2. The third kappa shape index (κ3) is 3.39. The van der Waals surface area contributed by atoms with E-state index in [9.17, 15) is 9.18 Å². The molecule has 0 amide bonds. The second-order valence-corrected chi connectivity index (χ2v) is 1.71. The SMILES string of the molecule is [N-]=[N+]=NC[C@@H](F)[C@H](O)C(=O)O. The molecule has 2 atom stereocenters. The quantitative estimate of drug-likeness (QED) is 0.348. The lowest BCUT2D eigenvalue weighted by Crippen LogP contribution is -2.32. The van der Waals surface area contributed by atoms with Crippen LogP contribution in [0.2, 0.25) is 0 Å². The van der Waals surface area contributed by atoms with Crippen LogP contribution in [0.5, 0.6) is 0 Å². The Balaban J connectivity index is 3.91. The van der Waals surface area contributed by atoms with Crippen molar-refractivity contribution in [2.24, 2.45) is 5.11 Å². The van der Waals surface area contributed by atoms with Gasteiger partial charge in [0, 0.05) is 4.91 Å². The number of hydrogen-bond acceptors (Lipinski definition) is 3. The minimum absolute atomic E-state index is 0.677. The number of aliphatic hydroxyl groups excluding tert-OH is 1. The van der Waals surface area contributed by atoms with Crippen molar-refractivity contribution >= 4 is 5.97 Å². The molecular weight excluding hydrogens is 157 g/mol. The molecule has 0 saturated heterocycles. The summed E-state index contributed by atoms with van der Waals surface area (Å²) < 4.78 is 12.3. The molecule has 7 heteroatoms. The molecule has 0 aromatic carbocycles. The normalized spacial score (nSPS) is 14.7. The zero-order valence-electron chi connectivity index (χ0n) is 5.38. The minimum atomic E-state index is -2.12. The Kier molecular flexibility index (Phi) is 3.94. The molecule has 0 fully saturated rings. The van der Waals surface area contributed by atoms with Gasteiger partial charge in [0.15, 0.2) is 6.10 Å². The van der Waals surface area contributed by atoms with Gasteiger partial charge in [0.2, 0.25) is 0 Å². The van der Waals surface area contributed by atoms with E-state index in [1.165, 1.54) is 0 Å². The topological polar surface area (TPSA) is 106 Å². The number of rotatable bonds is 4. The Bertz CT molecular complexity index is 191. The number of azide groups is 1. The van der Waals surface area contributed by atoms with Gasteiger partial charge in [-0.25, -0.2) is 9.18 Å². The summed E-state index contributed by atoms with van der Waals surface area (Å²) in [6, 6.07) is 0. The Morgan fingerprint density at radius 2 is 2.36 bits per heavy atom. The molecule has 62 valence electrons. The zero-order chi connectivity index (χ0) is 8.85. The average molecular weight is 163 g/mol. The fraction of sp³-hybridized carbons (Fsp3) is 0.750. The first kappa shape index (κ1) is 9.67. The summed E-state index contributed by atoms with van der Waals surface area (Å²) in [4.78, 5) is 12.1. The van der Waals surface area contributed by atoms with E-state index in [4.69, 9.17) is 15.7 Å². The highest BCUT2D eigenvalue weighted by molar-refractivity contribution is 5.72. The van der Waals surface area contributed by atoms with Gasteiger partial charge in [0.25, 0.3) is 0 Å². The van der Waals surface area contributed by atoms with E-state index in [0.717, 1.165) is 0 Å². The number of halogens is 1. The van der Waals surface area contributed by atoms with Crippen molar-refractivity contribution in [2.75, 3.05) is 6.54 Å². The molecule has 0 rings (SSSR count). The number of aliphatic carboxylic acids is 1. The van der Waals surface area contributed by atoms with Crippen molar-refractivity contribution in [2.45, 2.75) is 12.3 Å². The molecule has 0 saturated carbocycles. The van der Waals surface area contributed by atoms with E-state index < -0.39 is 24.8 Å². The van der Waals surface area contributed by atoms with Crippen molar-refractivity contribution in [1.82, 2.24) is 0 Å². The van der Waals surface area contributed by atoms with Crippen LogP contribution in [0.15, 0.2) is 5.11 Å². The number of carbonyl (C=O) groups is 1. The zero-order valence-corrected chi connectivity index (χ0v) is 5.38. The largest absolute Gasteiger partial charge is 0.479 e. The summed E-state index contributed by atoms with van der Waals surface area (Å²) in [6.07, 6.45) is -4.18. The van der Waals surface area contributed by atoms with Crippen LogP contribution in [0.25, 0.3) is 10.4 Å². The third-order valence-corrected chi connectivity index (χ3v) is 0.915. The number of carboxylic acid groups (broad SMARTS) is 1. The summed E-state index contributed by atoms with van der Waals surface area (Å²) >= 11 is 0. The van der Waals surface area contributed by atoms with E-state index >= 15 is 0 Å². The third-order valence-electron chi connectivity index (χ3n) is 0.915. The van der Waals surface area contributed by atoms with Gasteiger partial charge in [-0.05, 0) is 5.53 Å². The van der Waals surface area contributed by atoms with Crippen molar-refractivity contribution in [1.29, 1.82) is 0 Å². The van der Waals surface area contributed by atoms with Crippen LogP contribution in [0, 0.1) is 0 Å². The molecule has 0 heterocycles. The predicted octanol–water partition coefficient (Wildman–Crippen LogP) is 0.0803.